The number of aryl methyl sites for hydroxylation is 1. The highest BCUT2D eigenvalue weighted by Crippen LogP contribution is 2.18. The summed E-state index contributed by atoms with van der Waals surface area (Å²) >= 11 is 0. The Labute approximate surface area is 121 Å². The molecular weight excluding hydrogens is 273 g/mol. The van der Waals surface area contributed by atoms with Crippen LogP contribution >= 0.6 is 0 Å². The van der Waals surface area contributed by atoms with E-state index in [-0.39, 0.29) is 6.42 Å². The lowest BCUT2D eigenvalue weighted by Gasteiger charge is -2.11. The predicted molar refractivity (Wildman–Crippen MR) is 76.9 cm³/mol. The van der Waals surface area contributed by atoms with E-state index in [4.69, 9.17) is 5.11 Å². The van der Waals surface area contributed by atoms with Crippen LogP contribution in [0.1, 0.15) is 21.5 Å². The summed E-state index contributed by atoms with van der Waals surface area (Å²) in [4.78, 5) is 23.0. The molecule has 2 N–H and O–H groups in total. The van der Waals surface area contributed by atoms with Gasteiger partial charge in [-0.1, -0.05) is 18.2 Å². The molecule has 0 aliphatic rings. The number of hydrogen-bond acceptors (Lipinski definition) is 2. The van der Waals surface area contributed by atoms with E-state index in [1.165, 1.54) is 18.2 Å². The number of hydrogen-bond donors (Lipinski definition) is 2. The van der Waals surface area contributed by atoms with Crippen molar-refractivity contribution in [1.82, 2.24) is 0 Å². The average molecular weight is 287 g/mol. The van der Waals surface area contributed by atoms with Crippen LogP contribution in [-0.2, 0) is 11.2 Å². The fourth-order valence-corrected chi connectivity index (χ4v) is 2.03. The number of rotatable bonds is 4. The molecule has 0 saturated carbocycles. The third-order valence-corrected chi connectivity index (χ3v) is 3.04. The molecule has 0 saturated heterocycles. The molecule has 0 bridgehead atoms. The lowest BCUT2D eigenvalue weighted by atomic mass is 10.1. The number of halogens is 1. The second-order valence-electron chi connectivity index (χ2n) is 4.64. The summed E-state index contributed by atoms with van der Waals surface area (Å²) < 4.78 is 13.0. The highest BCUT2D eigenvalue weighted by atomic mass is 19.1. The van der Waals surface area contributed by atoms with Crippen LogP contribution in [0.5, 0.6) is 0 Å². The van der Waals surface area contributed by atoms with E-state index in [0.717, 1.165) is 0 Å². The van der Waals surface area contributed by atoms with Crippen LogP contribution in [0.25, 0.3) is 0 Å². The maximum atomic E-state index is 13.0. The second-order valence-corrected chi connectivity index (χ2v) is 4.64. The minimum atomic E-state index is -0.977. The van der Waals surface area contributed by atoms with Gasteiger partial charge in [-0.2, -0.15) is 0 Å². The summed E-state index contributed by atoms with van der Waals surface area (Å²) in [7, 11) is 0. The molecular formula is C16H14FNO3. The molecule has 0 fully saturated rings. The lowest BCUT2D eigenvalue weighted by molar-refractivity contribution is -0.136. The number of amides is 1. The van der Waals surface area contributed by atoms with Crippen LogP contribution in [-0.4, -0.2) is 17.0 Å². The largest absolute Gasteiger partial charge is 0.481 e. The van der Waals surface area contributed by atoms with Gasteiger partial charge < -0.3 is 10.4 Å². The molecule has 21 heavy (non-hydrogen) atoms. The normalized spacial score (nSPS) is 10.2. The van der Waals surface area contributed by atoms with Crippen molar-refractivity contribution >= 4 is 17.6 Å². The van der Waals surface area contributed by atoms with E-state index in [1.54, 1.807) is 31.2 Å². The number of para-hydroxylation sites is 1. The first-order valence-electron chi connectivity index (χ1n) is 6.34. The molecule has 0 heterocycles. The van der Waals surface area contributed by atoms with Gasteiger partial charge in [0.1, 0.15) is 5.82 Å². The van der Waals surface area contributed by atoms with Crippen molar-refractivity contribution in [3.63, 3.8) is 0 Å². The van der Waals surface area contributed by atoms with Crippen molar-refractivity contribution in [2.24, 2.45) is 0 Å². The zero-order valence-electron chi connectivity index (χ0n) is 11.4. The smallest absolute Gasteiger partial charge is 0.307 e. The Bertz CT molecular complexity index is 698. The molecule has 2 aromatic carbocycles. The van der Waals surface area contributed by atoms with Crippen LogP contribution < -0.4 is 5.32 Å². The van der Waals surface area contributed by atoms with E-state index in [0.29, 0.717) is 22.4 Å². The van der Waals surface area contributed by atoms with Gasteiger partial charge in [0, 0.05) is 11.3 Å². The van der Waals surface area contributed by atoms with E-state index >= 15 is 0 Å². The Kier molecular flexibility index (Phi) is 4.33. The number of carbonyl (C=O) groups is 2. The van der Waals surface area contributed by atoms with Crippen LogP contribution in [0.2, 0.25) is 0 Å². The standard InChI is InChI=1S/C16H14FNO3/c1-10-8-12(17)6-7-13(10)16(21)18-14-5-3-2-4-11(14)9-15(19)20/h2-8H,9H2,1H3,(H,18,21)(H,19,20). The lowest BCUT2D eigenvalue weighted by Crippen LogP contribution is -2.15. The molecule has 0 aliphatic carbocycles. The molecule has 0 aromatic heterocycles. The summed E-state index contributed by atoms with van der Waals surface area (Å²) in [6.07, 6.45) is -0.182. The number of carboxylic acid groups (broad SMARTS) is 1. The summed E-state index contributed by atoms with van der Waals surface area (Å²) in [5.41, 5.74) is 1.82. The number of anilines is 1. The Balaban J connectivity index is 2.25. The van der Waals surface area contributed by atoms with Crippen molar-refractivity contribution in [3.8, 4) is 0 Å². The fraction of sp³-hybridized carbons (Fsp3) is 0.125. The van der Waals surface area contributed by atoms with Gasteiger partial charge in [-0.15, -0.1) is 0 Å². The number of nitrogens with one attached hydrogen (secondary N) is 1. The van der Waals surface area contributed by atoms with Gasteiger partial charge in [-0.25, -0.2) is 4.39 Å². The quantitative estimate of drug-likeness (QED) is 0.908. The van der Waals surface area contributed by atoms with Gasteiger partial charge in [-0.3, -0.25) is 9.59 Å². The van der Waals surface area contributed by atoms with Crippen molar-refractivity contribution in [2.45, 2.75) is 13.3 Å². The maximum Gasteiger partial charge on any atom is 0.307 e. The molecule has 0 radical (unpaired) electrons. The molecule has 0 aliphatic heterocycles. The number of carbonyl (C=O) groups excluding carboxylic acids is 1. The minimum Gasteiger partial charge on any atom is -0.481 e. The molecule has 1 amide bonds. The summed E-state index contributed by atoms with van der Waals surface area (Å²) in [5.74, 6) is -1.78. The topological polar surface area (TPSA) is 66.4 Å². The number of carboxylic acids is 1. The van der Waals surface area contributed by atoms with E-state index in [1.807, 2.05) is 0 Å². The molecule has 2 rings (SSSR count). The Hall–Kier alpha value is -2.69. The van der Waals surface area contributed by atoms with Crippen molar-refractivity contribution in [1.29, 1.82) is 0 Å². The zero-order valence-corrected chi connectivity index (χ0v) is 11.4. The highest BCUT2D eigenvalue weighted by Gasteiger charge is 2.13. The van der Waals surface area contributed by atoms with Gasteiger partial charge >= 0.3 is 5.97 Å². The number of benzene rings is 2. The van der Waals surface area contributed by atoms with Crippen LogP contribution in [0, 0.1) is 12.7 Å². The average Bonchev–Trinajstić information content (AvgIpc) is 2.40. The zero-order chi connectivity index (χ0) is 15.4. The van der Waals surface area contributed by atoms with Crippen LogP contribution in [0.3, 0.4) is 0 Å². The van der Waals surface area contributed by atoms with E-state index < -0.39 is 17.7 Å². The maximum absolute atomic E-state index is 13.0. The first-order valence-corrected chi connectivity index (χ1v) is 6.34. The van der Waals surface area contributed by atoms with Crippen LogP contribution in [0.4, 0.5) is 10.1 Å². The molecule has 0 spiro atoms. The SMILES string of the molecule is Cc1cc(F)ccc1C(=O)Nc1ccccc1CC(=O)O. The number of aliphatic carboxylic acids is 1. The molecule has 2 aromatic rings. The minimum absolute atomic E-state index is 0.182. The van der Waals surface area contributed by atoms with Gasteiger partial charge in [0.15, 0.2) is 0 Å². The predicted octanol–water partition coefficient (Wildman–Crippen LogP) is 3.01. The van der Waals surface area contributed by atoms with E-state index in [9.17, 15) is 14.0 Å². The van der Waals surface area contributed by atoms with Crippen molar-refractivity contribution < 1.29 is 19.1 Å². The summed E-state index contributed by atoms with van der Waals surface area (Å²) in [6.45, 7) is 1.64. The van der Waals surface area contributed by atoms with Crippen LogP contribution in [0.15, 0.2) is 42.5 Å². The van der Waals surface area contributed by atoms with Crippen molar-refractivity contribution in [2.75, 3.05) is 5.32 Å². The first kappa shape index (κ1) is 14.7. The third-order valence-electron chi connectivity index (χ3n) is 3.04. The van der Waals surface area contributed by atoms with Gasteiger partial charge in [0.05, 0.1) is 6.42 Å². The van der Waals surface area contributed by atoms with Gasteiger partial charge in [0.25, 0.3) is 5.91 Å². The summed E-state index contributed by atoms with van der Waals surface area (Å²) in [5, 5.41) is 11.5. The molecule has 5 heteroatoms. The molecule has 4 nitrogen and oxygen atoms in total. The fourth-order valence-electron chi connectivity index (χ4n) is 2.03. The highest BCUT2D eigenvalue weighted by molar-refractivity contribution is 6.05. The second kappa shape index (κ2) is 6.17. The van der Waals surface area contributed by atoms with Gasteiger partial charge in [0.2, 0.25) is 0 Å². The third kappa shape index (κ3) is 3.66. The molecule has 108 valence electrons. The Morgan fingerprint density at radius 1 is 1.19 bits per heavy atom. The Morgan fingerprint density at radius 2 is 1.90 bits per heavy atom. The van der Waals surface area contributed by atoms with E-state index in [2.05, 4.69) is 5.32 Å². The Morgan fingerprint density at radius 3 is 2.57 bits per heavy atom. The molecule has 0 atom stereocenters. The first-order chi connectivity index (χ1) is 9.97. The summed E-state index contributed by atoms with van der Waals surface area (Å²) in [6, 6.07) is 10.6. The van der Waals surface area contributed by atoms with Crippen molar-refractivity contribution in [3.05, 3.63) is 65.0 Å². The monoisotopic (exact) mass is 287 g/mol. The molecule has 0 unspecified atom stereocenters. The van der Waals surface area contributed by atoms with Gasteiger partial charge in [-0.05, 0) is 42.3 Å².